The zero-order valence-corrected chi connectivity index (χ0v) is 11.9. The molecular formula is C15H25N3O. The first-order valence-corrected chi connectivity index (χ1v) is 7.47. The van der Waals surface area contributed by atoms with Gasteiger partial charge in [0.25, 0.3) is 0 Å². The summed E-state index contributed by atoms with van der Waals surface area (Å²) in [6.45, 7) is 7.33. The molecule has 0 saturated heterocycles. The summed E-state index contributed by atoms with van der Waals surface area (Å²) in [5, 5.41) is 7.31. The molecule has 1 aromatic rings. The van der Waals surface area contributed by atoms with Crippen molar-refractivity contribution < 1.29 is 4.52 Å². The lowest BCUT2D eigenvalue weighted by atomic mass is 9.80. The summed E-state index contributed by atoms with van der Waals surface area (Å²) in [6, 6.07) is 0. The Hall–Kier alpha value is -1.16. The summed E-state index contributed by atoms with van der Waals surface area (Å²) < 4.78 is 5.28. The molecule has 0 aliphatic heterocycles. The molecule has 1 fully saturated rings. The number of rotatable bonds is 7. The van der Waals surface area contributed by atoms with Crippen LogP contribution in [0, 0.1) is 5.92 Å². The summed E-state index contributed by atoms with van der Waals surface area (Å²) in [4.78, 5) is 4.50. The summed E-state index contributed by atoms with van der Waals surface area (Å²) in [6.07, 6.45) is 9.56. The molecule has 4 heteroatoms. The second-order valence-electron chi connectivity index (χ2n) is 5.47. The number of aromatic nitrogens is 2. The summed E-state index contributed by atoms with van der Waals surface area (Å²) >= 11 is 0. The fraction of sp³-hybridized carbons (Fsp3) is 0.733. The van der Waals surface area contributed by atoms with Crippen LogP contribution in [0.2, 0.25) is 0 Å². The van der Waals surface area contributed by atoms with Crippen LogP contribution in [0.1, 0.15) is 63.1 Å². The third-order valence-electron chi connectivity index (χ3n) is 3.96. The van der Waals surface area contributed by atoms with Gasteiger partial charge in [0.1, 0.15) is 0 Å². The van der Waals surface area contributed by atoms with Gasteiger partial charge < -0.3 is 9.84 Å². The Kier molecular flexibility index (Phi) is 5.58. The Balaban J connectivity index is 1.81. The summed E-state index contributed by atoms with van der Waals surface area (Å²) in [5.41, 5.74) is 0. The van der Waals surface area contributed by atoms with E-state index in [9.17, 15) is 0 Å². The maximum absolute atomic E-state index is 5.28. The minimum absolute atomic E-state index is 0.505. The number of hydrogen-bond donors (Lipinski definition) is 1. The largest absolute Gasteiger partial charge is 0.338 e. The number of hydrogen-bond acceptors (Lipinski definition) is 4. The molecule has 0 bridgehead atoms. The lowest BCUT2D eigenvalue weighted by Crippen LogP contribution is -2.15. The van der Waals surface area contributed by atoms with Gasteiger partial charge in [-0.2, -0.15) is 4.98 Å². The molecule has 0 aromatic carbocycles. The predicted octanol–water partition coefficient (Wildman–Crippen LogP) is 3.42. The highest BCUT2D eigenvalue weighted by Crippen LogP contribution is 2.36. The van der Waals surface area contributed by atoms with E-state index in [0.29, 0.717) is 18.4 Å². The quantitative estimate of drug-likeness (QED) is 0.605. The SMILES string of the molecule is C=CCNCc1nc(C2CCC(CCC)CC2)no1. The molecule has 2 rings (SSSR count). The zero-order valence-electron chi connectivity index (χ0n) is 11.9. The molecule has 106 valence electrons. The van der Waals surface area contributed by atoms with Gasteiger partial charge in [-0.15, -0.1) is 6.58 Å². The van der Waals surface area contributed by atoms with E-state index in [1.807, 2.05) is 6.08 Å². The van der Waals surface area contributed by atoms with Gasteiger partial charge in [0, 0.05) is 12.5 Å². The number of nitrogens with one attached hydrogen (secondary N) is 1. The second-order valence-corrected chi connectivity index (χ2v) is 5.47. The van der Waals surface area contributed by atoms with Gasteiger partial charge >= 0.3 is 0 Å². The summed E-state index contributed by atoms with van der Waals surface area (Å²) in [5.74, 6) is 3.02. The molecule has 1 aliphatic carbocycles. The van der Waals surface area contributed by atoms with Crippen molar-refractivity contribution in [1.29, 1.82) is 0 Å². The Morgan fingerprint density at radius 2 is 2.16 bits per heavy atom. The Bertz CT molecular complexity index is 380. The van der Waals surface area contributed by atoms with Gasteiger partial charge in [-0.3, -0.25) is 0 Å². The van der Waals surface area contributed by atoms with Gasteiger partial charge in [-0.05, 0) is 31.6 Å². The van der Waals surface area contributed by atoms with Crippen LogP contribution >= 0.6 is 0 Å². The van der Waals surface area contributed by atoms with Crippen molar-refractivity contribution in [2.45, 2.75) is 57.9 Å². The topological polar surface area (TPSA) is 51.0 Å². The van der Waals surface area contributed by atoms with E-state index in [1.54, 1.807) is 0 Å². The van der Waals surface area contributed by atoms with Crippen LogP contribution in [-0.4, -0.2) is 16.7 Å². The van der Waals surface area contributed by atoms with Crippen LogP contribution in [0.4, 0.5) is 0 Å². The third kappa shape index (κ3) is 4.16. The maximum Gasteiger partial charge on any atom is 0.240 e. The molecular weight excluding hydrogens is 238 g/mol. The van der Waals surface area contributed by atoms with E-state index in [1.165, 1.54) is 38.5 Å². The first-order chi connectivity index (χ1) is 9.33. The van der Waals surface area contributed by atoms with E-state index in [4.69, 9.17) is 4.52 Å². The minimum Gasteiger partial charge on any atom is -0.338 e. The Morgan fingerprint density at radius 3 is 2.84 bits per heavy atom. The van der Waals surface area contributed by atoms with Crippen molar-refractivity contribution in [3.05, 3.63) is 24.4 Å². The lowest BCUT2D eigenvalue weighted by Gasteiger charge is -2.26. The van der Waals surface area contributed by atoms with Crippen molar-refractivity contribution in [3.8, 4) is 0 Å². The van der Waals surface area contributed by atoms with Crippen LogP contribution in [0.5, 0.6) is 0 Å². The van der Waals surface area contributed by atoms with Crippen LogP contribution in [0.3, 0.4) is 0 Å². The molecule has 1 saturated carbocycles. The predicted molar refractivity (Wildman–Crippen MR) is 75.8 cm³/mol. The van der Waals surface area contributed by atoms with Crippen LogP contribution in [0.25, 0.3) is 0 Å². The molecule has 1 aromatic heterocycles. The average Bonchev–Trinajstić information content (AvgIpc) is 2.89. The van der Waals surface area contributed by atoms with Crippen LogP contribution in [-0.2, 0) is 6.54 Å². The van der Waals surface area contributed by atoms with Gasteiger partial charge in [0.05, 0.1) is 6.54 Å². The first-order valence-electron chi connectivity index (χ1n) is 7.47. The Labute approximate surface area is 115 Å². The van der Waals surface area contributed by atoms with E-state index in [-0.39, 0.29) is 0 Å². The normalized spacial score (nSPS) is 23.4. The lowest BCUT2D eigenvalue weighted by molar-refractivity contribution is 0.294. The molecule has 19 heavy (non-hydrogen) atoms. The van der Waals surface area contributed by atoms with Gasteiger partial charge in [-0.1, -0.05) is 31.0 Å². The molecule has 0 atom stereocenters. The maximum atomic E-state index is 5.28. The first kappa shape index (κ1) is 14.3. The molecule has 1 heterocycles. The highest BCUT2D eigenvalue weighted by Gasteiger charge is 2.25. The highest BCUT2D eigenvalue weighted by molar-refractivity contribution is 4.97. The van der Waals surface area contributed by atoms with Crippen molar-refractivity contribution in [2.24, 2.45) is 5.92 Å². The molecule has 1 aliphatic rings. The number of nitrogens with zero attached hydrogens (tertiary/aromatic N) is 2. The van der Waals surface area contributed by atoms with Crippen molar-refractivity contribution in [1.82, 2.24) is 15.5 Å². The van der Waals surface area contributed by atoms with E-state index in [0.717, 1.165) is 18.3 Å². The molecule has 4 nitrogen and oxygen atoms in total. The van der Waals surface area contributed by atoms with E-state index >= 15 is 0 Å². The molecule has 0 radical (unpaired) electrons. The smallest absolute Gasteiger partial charge is 0.240 e. The van der Waals surface area contributed by atoms with E-state index in [2.05, 4.69) is 29.0 Å². The molecule has 0 amide bonds. The average molecular weight is 263 g/mol. The summed E-state index contributed by atoms with van der Waals surface area (Å²) in [7, 11) is 0. The van der Waals surface area contributed by atoms with Crippen molar-refractivity contribution >= 4 is 0 Å². The van der Waals surface area contributed by atoms with Crippen LogP contribution in [0.15, 0.2) is 17.2 Å². The second kappa shape index (κ2) is 7.43. The van der Waals surface area contributed by atoms with Gasteiger partial charge in [0.2, 0.25) is 5.89 Å². The van der Waals surface area contributed by atoms with E-state index < -0.39 is 0 Å². The Morgan fingerprint density at radius 1 is 1.37 bits per heavy atom. The fourth-order valence-corrected chi connectivity index (χ4v) is 2.90. The van der Waals surface area contributed by atoms with Gasteiger partial charge in [-0.25, -0.2) is 0 Å². The van der Waals surface area contributed by atoms with Crippen LogP contribution < -0.4 is 5.32 Å². The molecule has 1 N–H and O–H groups in total. The molecule has 0 spiro atoms. The standard InChI is InChI=1S/C15H25N3O/c1-3-5-12-6-8-13(9-7-12)15-17-14(19-18-15)11-16-10-4-2/h4,12-13,16H,2-3,5-11H2,1H3. The monoisotopic (exact) mass is 263 g/mol. The highest BCUT2D eigenvalue weighted by atomic mass is 16.5. The third-order valence-corrected chi connectivity index (χ3v) is 3.96. The van der Waals surface area contributed by atoms with Crippen molar-refractivity contribution in [2.75, 3.05) is 6.54 Å². The minimum atomic E-state index is 0.505. The molecule has 0 unspecified atom stereocenters. The van der Waals surface area contributed by atoms with Gasteiger partial charge in [0.15, 0.2) is 5.82 Å². The fourth-order valence-electron chi connectivity index (χ4n) is 2.90. The zero-order chi connectivity index (χ0) is 13.5. The van der Waals surface area contributed by atoms with Crippen molar-refractivity contribution in [3.63, 3.8) is 0 Å².